The Bertz CT molecular complexity index is 242. The minimum atomic E-state index is -0.125. The van der Waals surface area contributed by atoms with Gasteiger partial charge in [-0.2, -0.15) is 0 Å². The van der Waals surface area contributed by atoms with Crippen LogP contribution in [0.5, 0.6) is 0 Å². The number of hydrogen-bond acceptors (Lipinski definition) is 3. The summed E-state index contributed by atoms with van der Waals surface area (Å²) in [5, 5.41) is 8.55. The van der Waals surface area contributed by atoms with Crippen molar-refractivity contribution in [3.63, 3.8) is 0 Å². The number of aliphatic hydroxyl groups excluding tert-OH is 1. The minimum absolute atomic E-state index is 0.111. The van der Waals surface area contributed by atoms with Gasteiger partial charge in [-0.1, -0.05) is 0 Å². The van der Waals surface area contributed by atoms with E-state index in [2.05, 4.69) is 9.97 Å². The molecule has 1 rings (SSSR count). The Balaban J connectivity index is 2.88. The van der Waals surface area contributed by atoms with E-state index in [1.165, 1.54) is 13.1 Å². The second-order valence-corrected chi connectivity index (χ2v) is 1.97. The molecule has 0 amide bonds. The van der Waals surface area contributed by atoms with Crippen LogP contribution in [0, 0.1) is 0 Å². The van der Waals surface area contributed by atoms with Crippen LogP contribution < -0.4 is 0 Å². The first-order valence-corrected chi connectivity index (χ1v) is 2.89. The number of aliphatic hydroxyl groups is 1. The fraction of sp³-hybridized carbons (Fsp3) is 0.333. The third kappa shape index (κ3) is 1.22. The van der Waals surface area contributed by atoms with Crippen LogP contribution in [-0.2, 0) is 6.61 Å². The number of aromatic amines is 1. The van der Waals surface area contributed by atoms with E-state index in [0.717, 1.165) is 0 Å². The van der Waals surface area contributed by atoms with E-state index in [-0.39, 0.29) is 12.4 Å². The van der Waals surface area contributed by atoms with E-state index < -0.39 is 0 Å². The van der Waals surface area contributed by atoms with E-state index in [4.69, 9.17) is 5.11 Å². The molecule has 1 aromatic rings. The Morgan fingerprint density at radius 1 is 1.90 bits per heavy atom. The topological polar surface area (TPSA) is 66.0 Å². The lowest BCUT2D eigenvalue weighted by molar-refractivity contribution is 0.100. The van der Waals surface area contributed by atoms with Crippen molar-refractivity contribution in [1.82, 2.24) is 9.97 Å². The normalized spacial score (nSPS) is 9.80. The van der Waals surface area contributed by atoms with Crippen molar-refractivity contribution in [3.05, 3.63) is 17.7 Å². The molecule has 0 saturated carbocycles. The molecule has 0 radical (unpaired) electrons. The lowest BCUT2D eigenvalue weighted by Gasteiger charge is -1.85. The molecular formula is C6H8N2O2. The largest absolute Gasteiger partial charge is 0.390 e. The predicted molar refractivity (Wildman–Crippen MR) is 34.5 cm³/mol. The summed E-state index contributed by atoms with van der Waals surface area (Å²) < 4.78 is 0. The zero-order chi connectivity index (χ0) is 7.56. The first-order valence-electron chi connectivity index (χ1n) is 2.89. The average Bonchev–Trinajstić information content (AvgIpc) is 2.34. The third-order valence-electron chi connectivity index (χ3n) is 1.13. The van der Waals surface area contributed by atoms with Crippen molar-refractivity contribution in [2.75, 3.05) is 0 Å². The summed E-state index contributed by atoms with van der Waals surface area (Å²) in [6.07, 6.45) is 1.44. The maximum Gasteiger partial charge on any atom is 0.194 e. The van der Waals surface area contributed by atoms with Crippen LogP contribution in [-0.4, -0.2) is 20.9 Å². The van der Waals surface area contributed by atoms with E-state index in [1.807, 2.05) is 0 Å². The van der Waals surface area contributed by atoms with Crippen LogP contribution in [0.15, 0.2) is 6.20 Å². The quantitative estimate of drug-likeness (QED) is 0.573. The van der Waals surface area contributed by atoms with Crippen LogP contribution in [0.25, 0.3) is 0 Å². The van der Waals surface area contributed by atoms with Crippen LogP contribution in [0.3, 0.4) is 0 Å². The Kier molecular flexibility index (Phi) is 1.82. The van der Waals surface area contributed by atoms with Gasteiger partial charge in [-0.3, -0.25) is 4.79 Å². The molecule has 10 heavy (non-hydrogen) atoms. The molecule has 1 heterocycles. The summed E-state index contributed by atoms with van der Waals surface area (Å²) in [4.78, 5) is 17.0. The number of carbonyl (C=O) groups is 1. The van der Waals surface area contributed by atoms with Gasteiger partial charge in [0.1, 0.15) is 0 Å². The van der Waals surface area contributed by atoms with Crippen molar-refractivity contribution in [2.24, 2.45) is 0 Å². The van der Waals surface area contributed by atoms with Crippen molar-refractivity contribution in [2.45, 2.75) is 13.5 Å². The molecule has 0 bridgehead atoms. The van der Waals surface area contributed by atoms with Gasteiger partial charge in [0.05, 0.1) is 18.5 Å². The zero-order valence-corrected chi connectivity index (χ0v) is 5.59. The SMILES string of the molecule is CC(=O)c1ncc(CO)[nH]1. The van der Waals surface area contributed by atoms with Crippen molar-refractivity contribution in [3.8, 4) is 0 Å². The molecule has 0 aromatic carbocycles. The van der Waals surface area contributed by atoms with Gasteiger partial charge in [-0.15, -0.1) is 0 Å². The number of carbonyl (C=O) groups excluding carboxylic acids is 1. The molecule has 4 heteroatoms. The van der Waals surface area contributed by atoms with Crippen LogP contribution >= 0.6 is 0 Å². The average molecular weight is 140 g/mol. The number of aromatic nitrogens is 2. The molecule has 0 aliphatic carbocycles. The highest BCUT2D eigenvalue weighted by atomic mass is 16.3. The number of imidazole rings is 1. The van der Waals surface area contributed by atoms with Gasteiger partial charge < -0.3 is 10.1 Å². The van der Waals surface area contributed by atoms with Gasteiger partial charge in [0.25, 0.3) is 0 Å². The summed E-state index contributed by atoms with van der Waals surface area (Å²) in [5.41, 5.74) is 0.560. The van der Waals surface area contributed by atoms with Crippen LogP contribution in [0.1, 0.15) is 23.2 Å². The molecule has 0 aliphatic heterocycles. The highest BCUT2D eigenvalue weighted by Gasteiger charge is 2.02. The molecule has 0 aliphatic rings. The monoisotopic (exact) mass is 140 g/mol. The number of H-pyrrole nitrogens is 1. The van der Waals surface area contributed by atoms with Crippen LogP contribution in [0.4, 0.5) is 0 Å². The second kappa shape index (κ2) is 2.62. The fourth-order valence-electron chi connectivity index (χ4n) is 0.618. The van der Waals surface area contributed by atoms with Crippen LogP contribution in [0.2, 0.25) is 0 Å². The molecule has 0 spiro atoms. The standard InChI is InChI=1S/C6H8N2O2/c1-4(10)6-7-2-5(3-9)8-6/h2,9H,3H2,1H3,(H,7,8). The molecular weight excluding hydrogens is 132 g/mol. The Morgan fingerprint density at radius 3 is 2.90 bits per heavy atom. The minimum Gasteiger partial charge on any atom is -0.390 e. The lowest BCUT2D eigenvalue weighted by atomic mass is 10.4. The second-order valence-electron chi connectivity index (χ2n) is 1.97. The number of nitrogens with one attached hydrogen (secondary N) is 1. The van der Waals surface area contributed by atoms with E-state index >= 15 is 0 Å². The molecule has 4 nitrogen and oxygen atoms in total. The Hall–Kier alpha value is -1.16. The smallest absolute Gasteiger partial charge is 0.194 e. The van der Waals surface area contributed by atoms with Gasteiger partial charge in [-0.25, -0.2) is 4.98 Å². The predicted octanol–water partition coefficient (Wildman–Crippen LogP) is 0.105. The van der Waals surface area contributed by atoms with Gasteiger partial charge in [0.2, 0.25) is 0 Å². The Labute approximate surface area is 57.9 Å². The highest BCUT2D eigenvalue weighted by molar-refractivity contribution is 5.90. The Morgan fingerprint density at radius 2 is 2.60 bits per heavy atom. The molecule has 0 unspecified atom stereocenters. The maximum atomic E-state index is 10.6. The van der Waals surface area contributed by atoms with Gasteiger partial charge in [0.15, 0.2) is 11.6 Å². The van der Waals surface area contributed by atoms with Crippen molar-refractivity contribution in [1.29, 1.82) is 0 Å². The van der Waals surface area contributed by atoms with Crippen molar-refractivity contribution >= 4 is 5.78 Å². The summed E-state index contributed by atoms with van der Waals surface area (Å²) in [7, 11) is 0. The molecule has 0 saturated heterocycles. The lowest BCUT2D eigenvalue weighted by Crippen LogP contribution is -1.94. The summed E-state index contributed by atoms with van der Waals surface area (Å²) >= 11 is 0. The molecule has 1 aromatic heterocycles. The number of nitrogens with zero attached hydrogens (tertiary/aromatic N) is 1. The van der Waals surface area contributed by atoms with E-state index in [9.17, 15) is 4.79 Å². The number of ketones is 1. The molecule has 54 valence electrons. The molecule has 2 N–H and O–H groups in total. The zero-order valence-electron chi connectivity index (χ0n) is 5.59. The summed E-state index contributed by atoms with van der Waals surface area (Å²) in [6.45, 7) is 1.31. The fourth-order valence-corrected chi connectivity index (χ4v) is 0.618. The molecule has 0 atom stereocenters. The maximum absolute atomic E-state index is 10.6. The van der Waals surface area contributed by atoms with E-state index in [1.54, 1.807) is 0 Å². The number of rotatable bonds is 2. The van der Waals surface area contributed by atoms with Crippen molar-refractivity contribution < 1.29 is 9.90 Å². The first-order chi connectivity index (χ1) is 4.74. The third-order valence-corrected chi connectivity index (χ3v) is 1.13. The first kappa shape index (κ1) is 6.95. The number of Topliss-reactive ketones (excluding diaryl/α,β-unsaturated/α-hetero) is 1. The van der Waals surface area contributed by atoms with Gasteiger partial charge >= 0.3 is 0 Å². The summed E-state index contributed by atoms with van der Waals surface area (Å²) in [5.74, 6) is 0.170. The number of hydrogen-bond donors (Lipinski definition) is 2. The highest BCUT2D eigenvalue weighted by Crippen LogP contribution is 1.96. The van der Waals surface area contributed by atoms with E-state index in [0.29, 0.717) is 11.5 Å². The van der Waals surface area contributed by atoms with Gasteiger partial charge in [-0.05, 0) is 0 Å². The molecule has 0 fully saturated rings. The summed E-state index contributed by atoms with van der Waals surface area (Å²) in [6, 6.07) is 0. The van der Waals surface area contributed by atoms with Gasteiger partial charge in [0, 0.05) is 6.92 Å².